The smallest absolute Gasteiger partial charge is 0.189 e. The van der Waals surface area contributed by atoms with Gasteiger partial charge in [0.05, 0.1) is 12.4 Å². The molecule has 0 saturated carbocycles. The minimum Gasteiger partial charge on any atom is -0.467 e. The van der Waals surface area contributed by atoms with Crippen LogP contribution in [0.25, 0.3) is 0 Å². The van der Waals surface area contributed by atoms with E-state index in [9.17, 15) is 8.60 Å². The molecule has 0 aliphatic carbocycles. The minimum absolute atomic E-state index is 0.132. The maximum Gasteiger partial charge on any atom is 0.189 e. The molecule has 1 atom stereocenters. The van der Waals surface area contributed by atoms with Crippen LogP contribution >= 0.6 is 11.6 Å². The van der Waals surface area contributed by atoms with E-state index in [1.54, 1.807) is 12.1 Å². The largest absolute Gasteiger partial charge is 0.467 e. The summed E-state index contributed by atoms with van der Waals surface area (Å²) < 4.78 is 36.6. The Labute approximate surface area is 135 Å². The average Bonchev–Trinajstić information content (AvgIpc) is 2.47. The lowest BCUT2D eigenvalue weighted by atomic mass is 10.1. The van der Waals surface area contributed by atoms with Gasteiger partial charge in [-0.2, -0.15) is 0 Å². The monoisotopic (exact) mass is 340 g/mol. The summed E-state index contributed by atoms with van der Waals surface area (Å²) in [6, 6.07) is 10.0. The number of hydrogen-bond donors (Lipinski definition) is 0. The summed E-state index contributed by atoms with van der Waals surface area (Å²) in [5.41, 5.74) is 2.15. The highest BCUT2D eigenvalue weighted by atomic mass is 35.5. The van der Waals surface area contributed by atoms with E-state index in [0.717, 1.165) is 5.56 Å². The van der Waals surface area contributed by atoms with E-state index in [2.05, 4.69) is 0 Å². The Morgan fingerprint density at radius 2 is 2.09 bits per heavy atom. The Morgan fingerprint density at radius 3 is 2.91 bits per heavy atom. The van der Waals surface area contributed by atoms with Gasteiger partial charge in [-0.25, -0.2) is 4.39 Å². The lowest BCUT2D eigenvalue weighted by Gasteiger charge is -2.20. The summed E-state index contributed by atoms with van der Waals surface area (Å²) in [5.74, 6) is 0.810. The standard InChI is InChI=1S/C16H14ClFO3S/c17-14-3-1-2-11(4-14)8-22(19)9-13-6-15(18)5-12-7-20-10-21-16(12)13/h1-6H,7-10H2/t22-/m1/s1. The molecule has 0 spiro atoms. The fourth-order valence-corrected chi connectivity index (χ4v) is 3.83. The third-order valence-electron chi connectivity index (χ3n) is 3.28. The number of ether oxygens (including phenoxy) is 2. The van der Waals surface area contributed by atoms with Gasteiger partial charge < -0.3 is 9.47 Å². The molecule has 0 radical (unpaired) electrons. The van der Waals surface area contributed by atoms with Crippen molar-refractivity contribution in [3.8, 4) is 5.75 Å². The number of halogens is 2. The predicted molar refractivity (Wildman–Crippen MR) is 83.7 cm³/mol. The third-order valence-corrected chi connectivity index (χ3v) is 4.81. The summed E-state index contributed by atoms with van der Waals surface area (Å²) >= 11 is 5.92. The summed E-state index contributed by atoms with van der Waals surface area (Å²) in [6.07, 6.45) is 0. The molecule has 0 aromatic heterocycles. The van der Waals surface area contributed by atoms with E-state index in [0.29, 0.717) is 34.3 Å². The third kappa shape index (κ3) is 3.66. The number of fused-ring (bicyclic) bond motifs is 1. The fourth-order valence-electron chi connectivity index (χ4n) is 2.40. The number of benzene rings is 2. The van der Waals surface area contributed by atoms with Crippen molar-refractivity contribution < 1.29 is 18.1 Å². The van der Waals surface area contributed by atoms with E-state index in [-0.39, 0.29) is 18.4 Å². The van der Waals surface area contributed by atoms with E-state index in [4.69, 9.17) is 21.1 Å². The summed E-state index contributed by atoms with van der Waals surface area (Å²) in [4.78, 5) is 0. The topological polar surface area (TPSA) is 35.5 Å². The molecule has 1 heterocycles. The molecule has 6 heteroatoms. The first-order valence-electron chi connectivity index (χ1n) is 6.73. The van der Waals surface area contributed by atoms with Gasteiger partial charge in [-0.05, 0) is 29.8 Å². The molecular formula is C16H14ClFO3S. The Balaban J connectivity index is 1.78. The van der Waals surface area contributed by atoms with Gasteiger partial charge in [-0.3, -0.25) is 4.21 Å². The van der Waals surface area contributed by atoms with Gasteiger partial charge in [0.15, 0.2) is 6.79 Å². The minimum atomic E-state index is -1.18. The zero-order chi connectivity index (χ0) is 15.5. The molecule has 0 bridgehead atoms. The first-order valence-corrected chi connectivity index (χ1v) is 8.59. The maximum absolute atomic E-state index is 13.7. The van der Waals surface area contributed by atoms with Crippen molar-refractivity contribution >= 4 is 22.4 Å². The van der Waals surface area contributed by atoms with Crippen molar-refractivity contribution in [3.05, 3.63) is 63.9 Å². The van der Waals surface area contributed by atoms with Gasteiger partial charge in [0.25, 0.3) is 0 Å². The van der Waals surface area contributed by atoms with E-state index in [1.165, 1.54) is 12.1 Å². The van der Waals surface area contributed by atoms with Crippen LogP contribution in [-0.2, 0) is 33.6 Å². The van der Waals surface area contributed by atoms with Gasteiger partial charge in [-0.15, -0.1) is 0 Å². The van der Waals surface area contributed by atoms with Crippen LogP contribution in [0.4, 0.5) is 4.39 Å². The molecule has 0 unspecified atom stereocenters. The van der Waals surface area contributed by atoms with E-state index >= 15 is 0 Å². The lowest BCUT2D eigenvalue weighted by Crippen LogP contribution is -2.14. The highest BCUT2D eigenvalue weighted by Crippen LogP contribution is 2.30. The quantitative estimate of drug-likeness (QED) is 0.849. The molecule has 0 saturated heterocycles. The molecule has 0 N–H and O–H groups in total. The molecule has 2 aromatic carbocycles. The Kier molecular flexibility index (Phi) is 4.76. The second-order valence-electron chi connectivity index (χ2n) is 5.02. The summed E-state index contributed by atoms with van der Waals surface area (Å²) in [6.45, 7) is 0.438. The number of rotatable bonds is 4. The Hall–Kier alpha value is -1.43. The first-order chi connectivity index (χ1) is 10.6. The molecule has 1 aliphatic rings. The molecular weight excluding hydrogens is 327 g/mol. The SMILES string of the molecule is O=[S@](Cc1cccc(Cl)c1)Cc1cc(F)cc2c1OCOC2. The predicted octanol–water partition coefficient (Wildman–Crippen LogP) is 3.79. The lowest BCUT2D eigenvalue weighted by molar-refractivity contribution is -0.0171. The van der Waals surface area contributed by atoms with Crippen molar-refractivity contribution in [3.63, 3.8) is 0 Å². The van der Waals surface area contributed by atoms with Crippen molar-refractivity contribution in [2.45, 2.75) is 18.1 Å². The average molecular weight is 341 g/mol. The molecule has 3 nitrogen and oxygen atoms in total. The van der Waals surface area contributed by atoms with Gasteiger partial charge in [0.2, 0.25) is 0 Å². The Morgan fingerprint density at radius 1 is 1.23 bits per heavy atom. The van der Waals surface area contributed by atoms with Crippen LogP contribution in [0.1, 0.15) is 16.7 Å². The normalized spacial score (nSPS) is 15.0. The molecule has 2 aromatic rings. The first kappa shape index (κ1) is 15.5. The van der Waals surface area contributed by atoms with Crippen molar-refractivity contribution in [1.29, 1.82) is 0 Å². The highest BCUT2D eigenvalue weighted by Gasteiger charge is 2.18. The molecule has 1 aliphatic heterocycles. The van der Waals surface area contributed by atoms with Crippen LogP contribution in [0.2, 0.25) is 5.02 Å². The molecule has 0 amide bonds. The second kappa shape index (κ2) is 6.77. The van der Waals surface area contributed by atoms with Crippen LogP contribution in [0.5, 0.6) is 5.75 Å². The fraction of sp³-hybridized carbons (Fsp3) is 0.250. The van der Waals surface area contributed by atoms with Crippen LogP contribution < -0.4 is 4.74 Å². The van der Waals surface area contributed by atoms with Gasteiger partial charge in [-0.1, -0.05) is 23.7 Å². The summed E-state index contributed by atoms with van der Waals surface area (Å²) in [7, 11) is -1.18. The van der Waals surface area contributed by atoms with Crippen LogP contribution in [0.15, 0.2) is 36.4 Å². The zero-order valence-electron chi connectivity index (χ0n) is 11.7. The number of hydrogen-bond acceptors (Lipinski definition) is 3. The molecule has 116 valence electrons. The van der Waals surface area contributed by atoms with Gasteiger partial charge >= 0.3 is 0 Å². The van der Waals surface area contributed by atoms with Gasteiger partial charge in [0, 0.05) is 32.7 Å². The van der Waals surface area contributed by atoms with E-state index < -0.39 is 10.8 Å². The zero-order valence-corrected chi connectivity index (χ0v) is 13.3. The van der Waals surface area contributed by atoms with Crippen LogP contribution in [0.3, 0.4) is 0 Å². The highest BCUT2D eigenvalue weighted by molar-refractivity contribution is 7.83. The van der Waals surface area contributed by atoms with E-state index in [1.807, 2.05) is 12.1 Å². The van der Waals surface area contributed by atoms with Crippen LogP contribution in [-0.4, -0.2) is 11.0 Å². The van der Waals surface area contributed by atoms with Gasteiger partial charge in [0.1, 0.15) is 11.6 Å². The van der Waals surface area contributed by atoms with Crippen molar-refractivity contribution in [2.75, 3.05) is 6.79 Å². The van der Waals surface area contributed by atoms with Crippen LogP contribution in [0, 0.1) is 5.82 Å². The molecule has 22 heavy (non-hydrogen) atoms. The van der Waals surface area contributed by atoms with Crippen molar-refractivity contribution in [1.82, 2.24) is 0 Å². The maximum atomic E-state index is 13.7. The molecule has 3 rings (SSSR count). The Bertz CT molecular complexity index is 721. The second-order valence-corrected chi connectivity index (χ2v) is 6.92. The molecule has 0 fully saturated rings. The van der Waals surface area contributed by atoms with Crippen molar-refractivity contribution in [2.24, 2.45) is 0 Å². The summed E-state index contributed by atoms with van der Waals surface area (Å²) in [5, 5.41) is 0.609.